The van der Waals surface area contributed by atoms with Crippen LogP contribution >= 0.6 is 23.5 Å². The topological polar surface area (TPSA) is 26.3 Å². The van der Waals surface area contributed by atoms with Gasteiger partial charge in [0.1, 0.15) is 5.75 Å². The summed E-state index contributed by atoms with van der Waals surface area (Å²) < 4.78 is 5.08. The molecule has 2 aromatic carbocycles. The minimum absolute atomic E-state index is 0.183. The van der Waals surface area contributed by atoms with Crippen LogP contribution < -0.4 is 4.74 Å². The summed E-state index contributed by atoms with van der Waals surface area (Å²) in [6.45, 7) is 0. The highest BCUT2D eigenvalue weighted by Gasteiger charge is 2.38. The van der Waals surface area contributed by atoms with Crippen LogP contribution in [0, 0.1) is 0 Å². The number of methoxy groups -OCH3 is 1. The summed E-state index contributed by atoms with van der Waals surface area (Å²) in [4.78, 5) is 12.8. The van der Waals surface area contributed by atoms with Crippen molar-refractivity contribution in [1.82, 2.24) is 0 Å². The van der Waals surface area contributed by atoms with Gasteiger partial charge in [-0.2, -0.15) is 0 Å². The molecule has 1 heterocycles. The average Bonchev–Trinajstić information content (AvgIpc) is 2.63. The molecule has 0 radical (unpaired) electrons. The summed E-state index contributed by atoms with van der Waals surface area (Å²) in [5.74, 6) is 3.26. The molecule has 3 rings (SSSR count). The molecule has 23 heavy (non-hydrogen) atoms. The first-order valence-corrected chi connectivity index (χ1v) is 9.71. The molecule has 0 unspecified atom stereocenters. The first kappa shape index (κ1) is 16.5. The Morgan fingerprint density at radius 2 is 1.70 bits per heavy atom. The Bertz CT molecular complexity index is 647. The van der Waals surface area contributed by atoms with Crippen LogP contribution in [0.5, 0.6) is 5.75 Å². The van der Waals surface area contributed by atoms with E-state index in [0.29, 0.717) is 6.42 Å². The number of benzene rings is 2. The van der Waals surface area contributed by atoms with Crippen LogP contribution in [0.1, 0.15) is 28.8 Å². The Balaban J connectivity index is 1.88. The van der Waals surface area contributed by atoms with E-state index >= 15 is 0 Å². The zero-order chi connectivity index (χ0) is 16.1. The third-order valence-electron chi connectivity index (χ3n) is 3.98. The van der Waals surface area contributed by atoms with Crippen LogP contribution in [-0.2, 0) is 4.08 Å². The quantitative estimate of drug-likeness (QED) is 0.714. The van der Waals surface area contributed by atoms with Crippen LogP contribution in [-0.4, -0.2) is 24.4 Å². The van der Waals surface area contributed by atoms with E-state index in [-0.39, 0.29) is 9.86 Å². The SMILES string of the molecule is COc1ccc(C2(CC(=O)c3ccccc3)SCCCS2)cc1. The average molecular weight is 345 g/mol. The molecule has 4 heteroatoms. The van der Waals surface area contributed by atoms with Gasteiger partial charge in [0.25, 0.3) is 0 Å². The summed E-state index contributed by atoms with van der Waals surface area (Å²) in [5.41, 5.74) is 2.00. The minimum atomic E-state index is -0.183. The highest BCUT2D eigenvalue weighted by Crippen LogP contribution is 2.53. The first-order chi connectivity index (χ1) is 11.2. The van der Waals surface area contributed by atoms with Crippen molar-refractivity contribution in [1.29, 1.82) is 0 Å². The molecule has 1 saturated heterocycles. The Kier molecular flexibility index (Phi) is 5.34. The third-order valence-corrected chi connectivity index (χ3v) is 7.36. The first-order valence-electron chi connectivity index (χ1n) is 7.74. The molecular formula is C19H20O2S2. The van der Waals surface area contributed by atoms with Crippen LogP contribution in [0.3, 0.4) is 0 Å². The van der Waals surface area contributed by atoms with Crippen molar-refractivity contribution in [3.63, 3.8) is 0 Å². The lowest BCUT2D eigenvalue weighted by atomic mass is 10.0. The van der Waals surface area contributed by atoms with Crippen LogP contribution in [0.25, 0.3) is 0 Å². The van der Waals surface area contributed by atoms with Crippen molar-refractivity contribution in [2.45, 2.75) is 16.9 Å². The lowest BCUT2D eigenvalue weighted by molar-refractivity contribution is 0.0978. The normalized spacial score (nSPS) is 16.7. The Hall–Kier alpha value is -1.39. The lowest BCUT2D eigenvalue weighted by Gasteiger charge is -2.36. The van der Waals surface area contributed by atoms with Gasteiger partial charge in [0.05, 0.1) is 11.2 Å². The van der Waals surface area contributed by atoms with Gasteiger partial charge < -0.3 is 4.74 Å². The number of carbonyl (C=O) groups is 1. The molecule has 0 aliphatic carbocycles. The van der Waals surface area contributed by atoms with E-state index in [0.717, 1.165) is 22.8 Å². The number of hydrogen-bond donors (Lipinski definition) is 0. The van der Waals surface area contributed by atoms with Crippen LogP contribution in [0.15, 0.2) is 54.6 Å². The molecule has 1 aliphatic rings. The van der Waals surface area contributed by atoms with Crippen LogP contribution in [0.4, 0.5) is 0 Å². The maximum atomic E-state index is 12.8. The molecule has 0 amide bonds. The second kappa shape index (κ2) is 7.45. The summed E-state index contributed by atoms with van der Waals surface area (Å²) >= 11 is 3.80. The zero-order valence-electron chi connectivity index (χ0n) is 13.2. The molecule has 120 valence electrons. The number of ketones is 1. The van der Waals surface area contributed by atoms with Gasteiger partial charge in [-0.1, -0.05) is 42.5 Å². The fourth-order valence-corrected chi connectivity index (χ4v) is 6.05. The van der Waals surface area contributed by atoms with Gasteiger partial charge in [-0.25, -0.2) is 0 Å². The van der Waals surface area contributed by atoms with Crippen LogP contribution in [0.2, 0.25) is 0 Å². The molecule has 2 nitrogen and oxygen atoms in total. The predicted molar refractivity (Wildman–Crippen MR) is 99.6 cm³/mol. The molecule has 0 saturated carbocycles. The van der Waals surface area contributed by atoms with E-state index in [9.17, 15) is 4.79 Å². The van der Waals surface area contributed by atoms with Gasteiger partial charge in [-0.3, -0.25) is 4.79 Å². The second-order valence-electron chi connectivity index (χ2n) is 5.50. The fourth-order valence-electron chi connectivity index (χ4n) is 2.73. The summed E-state index contributed by atoms with van der Waals surface area (Å²) in [7, 11) is 1.67. The number of rotatable bonds is 5. The molecule has 0 atom stereocenters. The number of carbonyl (C=O) groups excluding carboxylic acids is 1. The van der Waals surface area contributed by atoms with E-state index in [2.05, 4.69) is 12.1 Å². The zero-order valence-corrected chi connectivity index (χ0v) is 14.8. The standard InChI is InChI=1S/C19H20O2S2/c1-21-17-10-8-16(9-11-17)19(22-12-5-13-23-19)14-18(20)15-6-3-2-4-7-15/h2-4,6-11H,5,12-14H2,1H3. The maximum absolute atomic E-state index is 12.8. The van der Waals surface area contributed by atoms with Crippen molar-refractivity contribution >= 4 is 29.3 Å². The largest absolute Gasteiger partial charge is 0.497 e. The Labute approximate surface area is 146 Å². The highest BCUT2D eigenvalue weighted by atomic mass is 32.2. The Morgan fingerprint density at radius 1 is 1.04 bits per heavy atom. The van der Waals surface area contributed by atoms with E-state index < -0.39 is 0 Å². The van der Waals surface area contributed by atoms with Crippen molar-refractivity contribution in [2.24, 2.45) is 0 Å². The van der Waals surface area contributed by atoms with E-state index in [1.807, 2.05) is 66.0 Å². The van der Waals surface area contributed by atoms with E-state index in [1.165, 1.54) is 12.0 Å². The van der Waals surface area contributed by atoms with Gasteiger partial charge in [0.2, 0.25) is 0 Å². The molecule has 1 aliphatic heterocycles. The molecule has 0 aromatic heterocycles. The van der Waals surface area contributed by atoms with Gasteiger partial charge in [-0.15, -0.1) is 23.5 Å². The molecule has 0 N–H and O–H groups in total. The maximum Gasteiger partial charge on any atom is 0.165 e. The van der Waals surface area contributed by atoms with Crippen molar-refractivity contribution in [3.8, 4) is 5.75 Å². The second-order valence-corrected chi connectivity index (χ2v) is 8.54. The Morgan fingerprint density at radius 3 is 2.30 bits per heavy atom. The van der Waals surface area contributed by atoms with Crippen molar-refractivity contribution in [2.75, 3.05) is 18.6 Å². The van der Waals surface area contributed by atoms with E-state index in [1.54, 1.807) is 7.11 Å². The lowest BCUT2D eigenvalue weighted by Crippen LogP contribution is -2.26. The van der Waals surface area contributed by atoms with Gasteiger partial charge >= 0.3 is 0 Å². The number of Topliss-reactive ketones (excluding diaryl/α,β-unsaturated/α-hetero) is 1. The predicted octanol–water partition coefficient (Wildman–Crippen LogP) is 4.99. The molecule has 1 fully saturated rings. The number of thioether (sulfide) groups is 2. The van der Waals surface area contributed by atoms with Gasteiger partial charge in [0, 0.05) is 12.0 Å². The monoisotopic (exact) mass is 344 g/mol. The van der Waals surface area contributed by atoms with Gasteiger partial charge in [0.15, 0.2) is 5.78 Å². The third kappa shape index (κ3) is 3.75. The highest BCUT2D eigenvalue weighted by molar-refractivity contribution is 8.18. The smallest absolute Gasteiger partial charge is 0.165 e. The summed E-state index contributed by atoms with van der Waals surface area (Å²) in [6, 6.07) is 17.8. The number of hydrogen-bond acceptors (Lipinski definition) is 4. The summed E-state index contributed by atoms with van der Waals surface area (Å²) in [5, 5.41) is 0. The molecule has 0 bridgehead atoms. The fraction of sp³-hybridized carbons (Fsp3) is 0.316. The van der Waals surface area contributed by atoms with Crippen molar-refractivity contribution < 1.29 is 9.53 Å². The van der Waals surface area contributed by atoms with Gasteiger partial charge in [-0.05, 0) is 35.6 Å². The number of ether oxygens (including phenoxy) is 1. The summed E-state index contributed by atoms with van der Waals surface area (Å²) in [6.07, 6.45) is 1.73. The van der Waals surface area contributed by atoms with E-state index in [4.69, 9.17) is 4.74 Å². The minimum Gasteiger partial charge on any atom is -0.497 e. The van der Waals surface area contributed by atoms with Crippen molar-refractivity contribution in [3.05, 3.63) is 65.7 Å². The molecule has 2 aromatic rings. The molecule has 0 spiro atoms. The molecular weight excluding hydrogens is 324 g/mol.